The van der Waals surface area contributed by atoms with Gasteiger partial charge in [0.15, 0.2) is 0 Å². The van der Waals surface area contributed by atoms with Gasteiger partial charge in [0.25, 0.3) is 0 Å². The van der Waals surface area contributed by atoms with Crippen LogP contribution < -0.4 is 11.7 Å². The summed E-state index contributed by atoms with van der Waals surface area (Å²) in [5.41, 5.74) is 1.59. The van der Waals surface area contributed by atoms with Gasteiger partial charge in [-0.3, -0.25) is 9.82 Å². The van der Waals surface area contributed by atoms with Crippen LogP contribution in [0.1, 0.15) is 11.3 Å². The number of hydrogen-bond acceptors (Lipinski definition) is 6. The summed E-state index contributed by atoms with van der Waals surface area (Å²) in [6, 6.07) is 3.65. The Kier molecular flexibility index (Phi) is 4.82. The monoisotopic (exact) mass is 224 g/mol. The molecular weight excluding hydrogens is 212 g/mol. The fourth-order valence-electron chi connectivity index (χ4n) is 0.974. The van der Waals surface area contributed by atoms with Gasteiger partial charge in [-0.2, -0.15) is 5.10 Å². The van der Waals surface area contributed by atoms with Gasteiger partial charge in [-0.1, -0.05) is 18.3 Å². The molecule has 0 spiro atoms. The molecule has 15 heavy (non-hydrogen) atoms. The number of aromatic nitrogens is 1. The zero-order chi connectivity index (χ0) is 11.1. The Bertz CT molecular complexity index is 350. The fourth-order valence-corrected chi connectivity index (χ4v) is 1.45. The third-order valence-electron chi connectivity index (χ3n) is 1.62. The second-order valence-corrected chi connectivity index (χ2v) is 3.52. The van der Waals surface area contributed by atoms with Crippen molar-refractivity contribution in [3.8, 4) is 0 Å². The van der Waals surface area contributed by atoms with Crippen molar-refractivity contribution in [2.75, 3.05) is 0 Å². The summed E-state index contributed by atoms with van der Waals surface area (Å²) in [6.07, 6.45) is 1.66. The van der Waals surface area contributed by atoms with Crippen molar-refractivity contribution in [1.82, 2.24) is 4.98 Å². The Labute approximate surface area is 92.2 Å². The molecule has 0 aliphatic carbocycles. The zero-order valence-corrected chi connectivity index (χ0v) is 8.91. The molecule has 0 saturated carbocycles. The summed E-state index contributed by atoms with van der Waals surface area (Å²) in [6.45, 7) is 3.87. The summed E-state index contributed by atoms with van der Waals surface area (Å²) in [4.78, 5) is 8.59. The maximum absolute atomic E-state index is 5.23. The first-order chi connectivity index (χ1) is 7.31. The molecule has 1 heterocycles. The molecule has 1 aromatic rings. The predicted octanol–water partition coefficient (Wildman–Crippen LogP) is 0.969. The van der Waals surface area contributed by atoms with Gasteiger partial charge in [-0.25, -0.2) is 5.90 Å². The third kappa shape index (κ3) is 3.35. The largest absolute Gasteiger partial charge is 0.322 e. The second kappa shape index (κ2) is 6.18. The van der Waals surface area contributed by atoms with E-state index in [2.05, 4.69) is 21.5 Å². The first-order valence-corrected chi connectivity index (χ1v) is 5.02. The minimum atomic E-state index is 0.282. The highest BCUT2D eigenvalue weighted by Crippen LogP contribution is 2.13. The number of thioether (sulfide) groups is 1. The first-order valence-electron chi connectivity index (χ1n) is 4.14. The number of pyridine rings is 1. The molecule has 0 bridgehead atoms. The van der Waals surface area contributed by atoms with Crippen LogP contribution in [0.5, 0.6) is 0 Å². The van der Waals surface area contributed by atoms with Crippen LogP contribution in [0.3, 0.4) is 0 Å². The lowest BCUT2D eigenvalue weighted by Gasteiger charge is -2.02. The summed E-state index contributed by atoms with van der Waals surface area (Å²) in [7, 11) is 0. The van der Waals surface area contributed by atoms with Crippen molar-refractivity contribution in [1.29, 1.82) is 0 Å². The van der Waals surface area contributed by atoms with Crippen LogP contribution in [0.25, 0.3) is 0 Å². The molecular formula is C9H12N4OS. The van der Waals surface area contributed by atoms with Crippen LogP contribution in [0.15, 0.2) is 35.4 Å². The average molecular weight is 224 g/mol. The van der Waals surface area contributed by atoms with Crippen molar-refractivity contribution in [3.63, 3.8) is 0 Å². The topological polar surface area (TPSA) is 86.5 Å². The van der Waals surface area contributed by atoms with E-state index >= 15 is 0 Å². The lowest BCUT2D eigenvalue weighted by Crippen LogP contribution is -2.03. The molecule has 0 aliphatic rings. The van der Waals surface area contributed by atoms with Crippen molar-refractivity contribution < 1.29 is 4.84 Å². The van der Waals surface area contributed by atoms with Crippen LogP contribution in [0, 0.1) is 0 Å². The maximum Gasteiger partial charge on any atom is 0.129 e. The highest BCUT2D eigenvalue weighted by Gasteiger charge is 2.03. The van der Waals surface area contributed by atoms with E-state index in [0.717, 1.165) is 11.3 Å². The van der Waals surface area contributed by atoms with E-state index in [9.17, 15) is 0 Å². The number of nitrogens with two attached hydrogens (primary N) is 2. The molecule has 1 rings (SSSR count). The normalized spacial score (nSPS) is 11.4. The summed E-state index contributed by atoms with van der Waals surface area (Å²) in [5, 5.41) is 5.96. The molecule has 0 atom stereocenters. The standard InChI is InChI=1S/C9H12N4OS/c1-2-15-9(13-10)7-3-4-8(6-14-11)12-5-7/h2-5H,1,6,10-11H2/b13-9-. The van der Waals surface area contributed by atoms with Gasteiger partial charge >= 0.3 is 0 Å². The van der Waals surface area contributed by atoms with Crippen LogP contribution in [0.2, 0.25) is 0 Å². The van der Waals surface area contributed by atoms with E-state index in [1.54, 1.807) is 17.7 Å². The molecule has 0 unspecified atom stereocenters. The average Bonchev–Trinajstić information content (AvgIpc) is 2.28. The molecule has 0 amide bonds. The summed E-state index contributed by atoms with van der Waals surface area (Å²) < 4.78 is 0. The van der Waals surface area contributed by atoms with Gasteiger partial charge in [0, 0.05) is 11.8 Å². The Morgan fingerprint density at radius 2 is 2.47 bits per heavy atom. The minimum absolute atomic E-state index is 0.282. The van der Waals surface area contributed by atoms with Crippen LogP contribution in [0.4, 0.5) is 0 Å². The van der Waals surface area contributed by atoms with Crippen molar-refractivity contribution in [3.05, 3.63) is 41.6 Å². The summed E-state index contributed by atoms with van der Waals surface area (Å²) in [5.74, 6) is 10.2. The molecule has 0 aliphatic heterocycles. The number of nitrogens with zero attached hydrogens (tertiary/aromatic N) is 2. The van der Waals surface area contributed by atoms with E-state index in [1.807, 2.05) is 6.07 Å². The second-order valence-electron chi connectivity index (χ2n) is 2.57. The molecule has 0 fully saturated rings. The zero-order valence-electron chi connectivity index (χ0n) is 8.09. The lowest BCUT2D eigenvalue weighted by atomic mass is 10.3. The van der Waals surface area contributed by atoms with E-state index in [-0.39, 0.29) is 6.61 Å². The van der Waals surface area contributed by atoms with Gasteiger partial charge in [0.1, 0.15) is 11.7 Å². The third-order valence-corrected chi connectivity index (χ3v) is 2.35. The molecule has 80 valence electrons. The van der Waals surface area contributed by atoms with Crippen LogP contribution in [-0.4, -0.2) is 10.0 Å². The van der Waals surface area contributed by atoms with E-state index in [1.165, 1.54) is 11.8 Å². The molecule has 0 radical (unpaired) electrons. The van der Waals surface area contributed by atoms with E-state index in [0.29, 0.717) is 5.04 Å². The fraction of sp³-hybridized carbons (Fsp3) is 0.111. The summed E-state index contributed by atoms with van der Waals surface area (Å²) >= 11 is 1.34. The van der Waals surface area contributed by atoms with E-state index in [4.69, 9.17) is 11.7 Å². The molecule has 6 heteroatoms. The number of rotatable bonds is 4. The van der Waals surface area contributed by atoms with Gasteiger partial charge in [-0.15, -0.1) is 0 Å². The van der Waals surface area contributed by atoms with Crippen molar-refractivity contribution in [2.24, 2.45) is 16.8 Å². The quantitative estimate of drug-likeness (QED) is 0.344. The molecule has 1 aromatic heterocycles. The van der Waals surface area contributed by atoms with Crippen molar-refractivity contribution >= 4 is 16.8 Å². The Morgan fingerprint density at radius 3 is 2.93 bits per heavy atom. The highest BCUT2D eigenvalue weighted by atomic mass is 32.2. The predicted molar refractivity (Wildman–Crippen MR) is 61.7 cm³/mol. The van der Waals surface area contributed by atoms with Crippen molar-refractivity contribution in [2.45, 2.75) is 6.61 Å². The molecule has 0 aromatic carbocycles. The van der Waals surface area contributed by atoms with E-state index < -0.39 is 0 Å². The smallest absolute Gasteiger partial charge is 0.129 e. The Morgan fingerprint density at radius 1 is 1.67 bits per heavy atom. The molecule has 4 N–H and O–H groups in total. The number of hydrogen-bond donors (Lipinski definition) is 2. The minimum Gasteiger partial charge on any atom is -0.322 e. The van der Waals surface area contributed by atoms with Gasteiger partial charge in [0.05, 0.1) is 5.69 Å². The van der Waals surface area contributed by atoms with Gasteiger partial charge < -0.3 is 5.84 Å². The SMILES string of the molecule is C=CS/C(=N\N)c1ccc(CON)nc1. The maximum atomic E-state index is 5.23. The Balaban J connectivity index is 2.82. The highest BCUT2D eigenvalue weighted by molar-refractivity contribution is 8.16. The van der Waals surface area contributed by atoms with Gasteiger partial charge in [-0.05, 0) is 17.5 Å². The molecule has 5 nitrogen and oxygen atoms in total. The number of hydrazone groups is 1. The van der Waals surface area contributed by atoms with Crippen LogP contribution >= 0.6 is 11.8 Å². The van der Waals surface area contributed by atoms with Crippen LogP contribution in [-0.2, 0) is 11.4 Å². The first kappa shape index (κ1) is 11.7. The van der Waals surface area contributed by atoms with Gasteiger partial charge in [0.2, 0.25) is 0 Å². The lowest BCUT2D eigenvalue weighted by molar-refractivity contribution is 0.121. The Hall–Kier alpha value is -1.37. The molecule has 0 saturated heterocycles.